The van der Waals surface area contributed by atoms with Crippen LogP contribution in [0.5, 0.6) is 0 Å². The van der Waals surface area contributed by atoms with E-state index in [4.69, 9.17) is 18.8 Å². The number of aromatic nitrogens is 1. The van der Waals surface area contributed by atoms with E-state index < -0.39 is 0 Å². The Morgan fingerprint density at radius 2 is 1.04 bits per heavy atom. The third-order valence-corrected chi connectivity index (χ3v) is 10.3. The predicted molar refractivity (Wildman–Crippen MR) is 213 cm³/mol. The molecule has 1 aliphatic heterocycles. The van der Waals surface area contributed by atoms with Gasteiger partial charge in [0.2, 0.25) is 0 Å². The predicted octanol–water partition coefficient (Wildman–Crippen LogP) is 12.0. The van der Waals surface area contributed by atoms with Crippen LogP contribution in [0.4, 0.5) is 0 Å². The van der Waals surface area contributed by atoms with E-state index in [1.54, 1.807) is 0 Å². The number of furan rings is 2. The number of nitrogens with zero attached hydrogens (tertiary/aromatic N) is 2. The molecule has 0 saturated heterocycles. The van der Waals surface area contributed by atoms with E-state index in [0.29, 0.717) is 0 Å². The molecule has 5 heteroatoms. The lowest BCUT2D eigenvalue weighted by Crippen LogP contribution is -2.25. The van der Waals surface area contributed by atoms with Gasteiger partial charge in [-0.15, -0.1) is 0 Å². The number of para-hydroxylation sites is 3. The van der Waals surface area contributed by atoms with Crippen LogP contribution >= 0.6 is 0 Å². The fraction of sp³-hybridized carbons (Fsp3) is 0.0213. The zero-order chi connectivity index (χ0) is 34.2. The van der Waals surface area contributed by atoms with E-state index in [9.17, 15) is 0 Å². The molecule has 7 aromatic carbocycles. The monoisotopic (exact) mass is 667 g/mol. The van der Waals surface area contributed by atoms with Crippen molar-refractivity contribution in [3.8, 4) is 11.3 Å². The molecule has 1 aliphatic rings. The summed E-state index contributed by atoms with van der Waals surface area (Å²) in [5, 5.41) is 11.4. The van der Waals surface area contributed by atoms with Crippen LogP contribution in [0, 0.1) is 0 Å². The molecule has 1 atom stereocenters. The van der Waals surface area contributed by atoms with Crippen molar-refractivity contribution < 1.29 is 8.83 Å². The van der Waals surface area contributed by atoms with Gasteiger partial charge in [-0.05, 0) is 40.6 Å². The lowest BCUT2D eigenvalue weighted by Gasteiger charge is -2.26. The topological polar surface area (TPSA) is 63.6 Å². The van der Waals surface area contributed by atoms with Crippen molar-refractivity contribution in [3.05, 3.63) is 180 Å². The highest BCUT2D eigenvalue weighted by Gasteiger charge is 2.25. The first-order valence-corrected chi connectivity index (χ1v) is 17.5. The van der Waals surface area contributed by atoms with Gasteiger partial charge in [0, 0.05) is 49.3 Å². The summed E-state index contributed by atoms with van der Waals surface area (Å²) >= 11 is 0. The van der Waals surface area contributed by atoms with Crippen LogP contribution in [0.15, 0.2) is 178 Å². The highest BCUT2D eigenvalue weighted by molar-refractivity contribution is 6.19. The molecule has 0 bridgehead atoms. The van der Waals surface area contributed by atoms with Crippen LogP contribution in [0.25, 0.3) is 82.5 Å². The Kier molecular flexibility index (Phi) is 6.25. The molecule has 0 amide bonds. The molecule has 52 heavy (non-hydrogen) atoms. The minimum atomic E-state index is -0.375. The smallest absolute Gasteiger partial charge is 0.161 e. The normalized spacial score (nSPS) is 14.7. The number of allylic oxidation sites excluding steroid dienone is 1. The Bertz CT molecular complexity index is 3110. The van der Waals surface area contributed by atoms with E-state index >= 15 is 0 Å². The summed E-state index contributed by atoms with van der Waals surface area (Å²) in [5.74, 6) is 0. The van der Waals surface area contributed by atoms with E-state index in [2.05, 4.69) is 133 Å². The molecule has 0 radical (unpaired) electrons. The lowest BCUT2D eigenvalue weighted by molar-refractivity contribution is 0.624. The fourth-order valence-corrected chi connectivity index (χ4v) is 7.92. The Morgan fingerprint density at radius 1 is 0.462 bits per heavy atom. The maximum atomic E-state index is 6.50. The first-order valence-electron chi connectivity index (χ1n) is 17.5. The SMILES string of the molecule is C1=C(c2ccc(-c3nc4c5ccccc5oc4c4ccccc34)c3ccccc23)NC(c2cccc3c2oc2ccccc23)N=C1c1ccccc1. The van der Waals surface area contributed by atoms with Crippen molar-refractivity contribution in [2.75, 3.05) is 0 Å². The average Bonchev–Trinajstić information content (AvgIpc) is 3.79. The third kappa shape index (κ3) is 4.36. The molecule has 4 heterocycles. The van der Waals surface area contributed by atoms with Crippen LogP contribution in [0.2, 0.25) is 0 Å². The molecule has 0 fully saturated rings. The average molecular weight is 668 g/mol. The van der Waals surface area contributed by atoms with Crippen LogP contribution in [0.1, 0.15) is 22.9 Å². The number of rotatable bonds is 4. The highest BCUT2D eigenvalue weighted by atomic mass is 16.3. The standard InChI is InChI=1S/C47H29N3O2/c1-2-13-28(14-3-1)39-27-40(49-47(48-39)38-22-12-21-35-32-17-8-10-23-41(32)51-45(35)38)31-25-26-34(30-16-5-4-15-29(30)31)43-33-18-6-7-19-36(33)46-44(50-43)37-20-9-11-24-42(37)52-46/h1-27,47,49H. The zero-order valence-electron chi connectivity index (χ0n) is 27.9. The number of hydrogen-bond donors (Lipinski definition) is 1. The zero-order valence-corrected chi connectivity index (χ0v) is 27.9. The Morgan fingerprint density at radius 3 is 1.85 bits per heavy atom. The number of benzene rings is 7. The number of fused-ring (bicyclic) bond motifs is 9. The second-order valence-corrected chi connectivity index (χ2v) is 13.3. The number of aliphatic imine (C=N–C) groups is 1. The Hall–Kier alpha value is -6.98. The van der Waals surface area contributed by atoms with Crippen LogP contribution in [-0.4, -0.2) is 10.7 Å². The van der Waals surface area contributed by atoms with E-state index in [-0.39, 0.29) is 6.17 Å². The van der Waals surface area contributed by atoms with Crippen molar-refractivity contribution in [1.82, 2.24) is 10.3 Å². The van der Waals surface area contributed by atoms with Gasteiger partial charge >= 0.3 is 0 Å². The first-order chi connectivity index (χ1) is 25.8. The van der Waals surface area contributed by atoms with Crippen LogP contribution < -0.4 is 5.32 Å². The summed E-state index contributed by atoms with van der Waals surface area (Å²) in [7, 11) is 0. The maximum absolute atomic E-state index is 6.50. The molecule has 0 saturated carbocycles. The van der Waals surface area contributed by atoms with E-state index in [1.807, 2.05) is 36.4 Å². The third-order valence-electron chi connectivity index (χ3n) is 10.3. The molecule has 0 aliphatic carbocycles. The summed E-state index contributed by atoms with van der Waals surface area (Å²) in [4.78, 5) is 10.6. The Balaban J connectivity index is 1.11. The summed E-state index contributed by atoms with van der Waals surface area (Å²) in [6, 6.07) is 54.5. The molecule has 10 aromatic rings. The first kappa shape index (κ1) is 28.8. The van der Waals surface area contributed by atoms with Gasteiger partial charge in [0.15, 0.2) is 5.58 Å². The molecule has 1 N–H and O–H groups in total. The second kappa shape index (κ2) is 11.3. The summed E-state index contributed by atoms with van der Waals surface area (Å²) < 4.78 is 12.9. The van der Waals surface area contributed by atoms with Gasteiger partial charge in [-0.3, -0.25) is 4.99 Å². The summed E-state index contributed by atoms with van der Waals surface area (Å²) in [5.41, 5.74) is 11.3. The quantitative estimate of drug-likeness (QED) is 0.203. The van der Waals surface area contributed by atoms with Gasteiger partial charge in [-0.25, -0.2) is 4.98 Å². The van der Waals surface area contributed by atoms with Crippen LogP contribution in [-0.2, 0) is 0 Å². The molecule has 5 nitrogen and oxygen atoms in total. The molecule has 11 rings (SSSR count). The van der Waals surface area contributed by atoms with E-state index in [0.717, 1.165) is 105 Å². The number of hydrogen-bond acceptors (Lipinski definition) is 5. The largest absolute Gasteiger partial charge is 0.456 e. The molecule has 244 valence electrons. The number of pyridine rings is 1. The molecular formula is C47H29N3O2. The van der Waals surface area contributed by atoms with Gasteiger partial charge in [0.1, 0.15) is 28.4 Å². The molecular weight excluding hydrogens is 639 g/mol. The van der Waals surface area contributed by atoms with E-state index in [1.165, 1.54) is 0 Å². The highest BCUT2D eigenvalue weighted by Crippen LogP contribution is 2.42. The van der Waals surface area contributed by atoms with Gasteiger partial charge in [-0.2, -0.15) is 0 Å². The van der Waals surface area contributed by atoms with Crippen molar-refractivity contribution in [3.63, 3.8) is 0 Å². The van der Waals surface area contributed by atoms with Crippen molar-refractivity contribution >= 4 is 77.0 Å². The molecule has 1 unspecified atom stereocenters. The summed E-state index contributed by atoms with van der Waals surface area (Å²) in [6.07, 6.45) is 1.80. The maximum Gasteiger partial charge on any atom is 0.161 e. The lowest BCUT2D eigenvalue weighted by atomic mass is 9.92. The molecule has 0 spiro atoms. The minimum absolute atomic E-state index is 0.375. The van der Waals surface area contributed by atoms with Gasteiger partial charge < -0.3 is 14.2 Å². The van der Waals surface area contributed by atoms with Gasteiger partial charge in [-0.1, -0.05) is 140 Å². The van der Waals surface area contributed by atoms with Crippen molar-refractivity contribution in [2.24, 2.45) is 4.99 Å². The number of nitrogens with one attached hydrogen (secondary N) is 1. The second-order valence-electron chi connectivity index (χ2n) is 13.3. The fourth-order valence-electron chi connectivity index (χ4n) is 7.92. The van der Waals surface area contributed by atoms with Crippen LogP contribution in [0.3, 0.4) is 0 Å². The minimum Gasteiger partial charge on any atom is -0.456 e. The van der Waals surface area contributed by atoms with Gasteiger partial charge in [0.25, 0.3) is 0 Å². The van der Waals surface area contributed by atoms with Crippen molar-refractivity contribution in [2.45, 2.75) is 6.17 Å². The van der Waals surface area contributed by atoms with Gasteiger partial charge in [0.05, 0.1) is 11.4 Å². The van der Waals surface area contributed by atoms with Crippen molar-refractivity contribution in [1.29, 1.82) is 0 Å². The Labute approximate surface area is 298 Å². The molecule has 3 aromatic heterocycles. The summed E-state index contributed by atoms with van der Waals surface area (Å²) in [6.45, 7) is 0.